The highest BCUT2D eigenvalue weighted by molar-refractivity contribution is 5.40. The van der Waals surface area contributed by atoms with Crippen LogP contribution in [0.2, 0.25) is 0 Å². The van der Waals surface area contributed by atoms with Crippen molar-refractivity contribution in [3.8, 4) is 5.75 Å². The summed E-state index contributed by atoms with van der Waals surface area (Å²) in [5, 5.41) is 3.25. The average Bonchev–Trinajstić information content (AvgIpc) is 2.37. The highest BCUT2D eigenvalue weighted by atomic mass is 19.4. The Morgan fingerprint density at radius 2 is 2.00 bits per heavy atom. The number of para-hydroxylation sites is 1. The van der Waals surface area contributed by atoms with E-state index in [2.05, 4.69) is 23.9 Å². The van der Waals surface area contributed by atoms with E-state index in [1.165, 1.54) is 6.07 Å². The monoisotopic (exact) mass is 287 g/mol. The van der Waals surface area contributed by atoms with Gasteiger partial charge in [0.15, 0.2) is 0 Å². The predicted octanol–water partition coefficient (Wildman–Crippen LogP) is 4.08. The van der Waals surface area contributed by atoms with Gasteiger partial charge >= 0.3 is 6.36 Å². The summed E-state index contributed by atoms with van der Waals surface area (Å²) < 4.78 is 41.6. The summed E-state index contributed by atoms with van der Waals surface area (Å²) >= 11 is 0. The number of alkyl halides is 3. The lowest BCUT2D eigenvalue weighted by Crippen LogP contribution is -2.55. The molecule has 1 aromatic rings. The lowest BCUT2D eigenvalue weighted by Gasteiger charge is -2.54. The van der Waals surface area contributed by atoms with Gasteiger partial charge in [0.25, 0.3) is 0 Å². The van der Waals surface area contributed by atoms with Crippen molar-refractivity contribution in [2.75, 3.05) is 7.05 Å². The number of hydrogen-bond acceptors (Lipinski definition) is 2. The van der Waals surface area contributed by atoms with Gasteiger partial charge in [0.2, 0.25) is 0 Å². The molecule has 1 saturated carbocycles. The van der Waals surface area contributed by atoms with Gasteiger partial charge < -0.3 is 10.1 Å². The summed E-state index contributed by atoms with van der Waals surface area (Å²) in [6.07, 6.45) is -2.91. The molecule has 0 saturated heterocycles. The molecule has 0 radical (unpaired) electrons. The zero-order valence-corrected chi connectivity index (χ0v) is 11.9. The van der Waals surface area contributed by atoms with E-state index in [4.69, 9.17) is 0 Å². The summed E-state index contributed by atoms with van der Waals surface area (Å²) in [5.74, 6) is 0.0164. The third-order valence-corrected chi connectivity index (χ3v) is 4.69. The Morgan fingerprint density at radius 3 is 2.55 bits per heavy atom. The van der Waals surface area contributed by atoms with Gasteiger partial charge in [0.05, 0.1) is 0 Å². The molecule has 1 fully saturated rings. The van der Waals surface area contributed by atoms with E-state index in [1.807, 2.05) is 7.05 Å². The topological polar surface area (TPSA) is 21.3 Å². The largest absolute Gasteiger partial charge is 0.573 e. The molecule has 0 amide bonds. The molecule has 1 N–H and O–H groups in total. The molecular formula is C15H20F3NO. The fourth-order valence-corrected chi connectivity index (χ4v) is 3.27. The second-order valence-corrected chi connectivity index (χ2v) is 5.57. The van der Waals surface area contributed by atoms with E-state index in [-0.39, 0.29) is 17.1 Å². The van der Waals surface area contributed by atoms with Crippen molar-refractivity contribution >= 4 is 0 Å². The smallest absolute Gasteiger partial charge is 0.405 e. The van der Waals surface area contributed by atoms with Crippen LogP contribution in [0.25, 0.3) is 0 Å². The lowest BCUT2D eigenvalue weighted by atomic mass is 9.54. The number of benzene rings is 1. The number of rotatable bonds is 4. The number of nitrogens with one attached hydrogen (secondary N) is 1. The Hall–Kier alpha value is -1.23. The first-order chi connectivity index (χ1) is 9.31. The van der Waals surface area contributed by atoms with Gasteiger partial charge in [-0.1, -0.05) is 32.0 Å². The Bertz CT molecular complexity index is 474. The maximum absolute atomic E-state index is 12.5. The first kappa shape index (κ1) is 15.2. The van der Waals surface area contributed by atoms with Gasteiger partial charge in [-0.15, -0.1) is 13.2 Å². The predicted molar refractivity (Wildman–Crippen MR) is 71.7 cm³/mol. The van der Waals surface area contributed by atoms with Crippen LogP contribution in [0.1, 0.15) is 38.2 Å². The van der Waals surface area contributed by atoms with Crippen molar-refractivity contribution in [2.45, 2.75) is 45.0 Å². The normalized spacial score (nSPS) is 29.9. The van der Waals surface area contributed by atoms with Crippen LogP contribution in [0, 0.1) is 5.41 Å². The van der Waals surface area contributed by atoms with Crippen LogP contribution in [0.4, 0.5) is 13.2 Å². The van der Waals surface area contributed by atoms with Crippen LogP contribution in [-0.4, -0.2) is 19.5 Å². The molecule has 112 valence electrons. The quantitative estimate of drug-likeness (QED) is 0.901. The van der Waals surface area contributed by atoms with Gasteiger partial charge in [-0.2, -0.15) is 0 Å². The van der Waals surface area contributed by atoms with Crippen molar-refractivity contribution < 1.29 is 17.9 Å². The zero-order valence-electron chi connectivity index (χ0n) is 11.9. The molecule has 0 aromatic heterocycles. The molecule has 1 aliphatic carbocycles. The summed E-state index contributed by atoms with van der Waals surface area (Å²) in [4.78, 5) is 0. The summed E-state index contributed by atoms with van der Waals surface area (Å²) in [6.45, 7) is 4.19. The van der Waals surface area contributed by atoms with Crippen LogP contribution in [-0.2, 0) is 0 Å². The maximum Gasteiger partial charge on any atom is 0.573 e. The van der Waals surface area contributed by atoms with Crippen LogP contribution in [0.15, 0.2) is 24.3 Å². The van der Waals surface area contributed by atoms with Crippen molar-refractivity contribution in [3.63, 3.8) is 0 Å². The van der Waals surface area contributed by atoms with Gasteiger partial charge in [-0.05, 0) is 42.9 Å². The molecule has 1 aromatic carbocycles. The van der Waals surface area contributed by atoms with Gasteiger partial charge in [0, 0.05) is 6.04 Å². The minimum atomic E-state index is -4.65. The molecule has 0 bridgehead atoms. The first-order valence-electron chi connectivity index (χ1n) is 6.83. The molecule has 3 unspecified atom stereocenters. The summed E-state index contributed by atoms with van der Waals surface area (Å²) in [5.41, 5.74) is 0.612. The van der Waals surface area contributed by atoms with E-state index in [9.17, 15) is 13.2 Å². The molecule has 0 heterocycles. The van der Waals surface area contributed by atoms with Crippen molar-refractivity contribution in [1.29, 1.82) is 0 Å². The van der Waals surface area contributed by atoms with E-state index >= 15 is 0 Å². The van der Waals surface area contributed by atoms with E-state index < -0.39 is 6.36 Å². The zero-order chi connectivity index (χ0) is 15.0. The Morgan fingerprint density at radius 1 is 1.35 bits per heavy atom. The fourth-order valence-electron chi connectivity index (χ4n) is 3.27. The number of halogens is 3. The van der Waals surface area contributed by atoms with E-state index in [0.717, 1.165) is 12.8 Å². The van der Waals surface area contributed by atoms with Gasteiger partial charge in [-0.25, -0.2) is 0 Å². The second-order valence-electron chi connectivity index (χ2n) is 5.57. The lowest BCUT2D eigenvalue weighted by molar-refractivity contribution is -0.275. The average molecular weight is 287 g/mol. The fraction of sp³-hybridized carbons (Fsp3) is 0.600. The molecule has 2 nitrogen and oxygen atoms in total. The maximum atomic E-state index is 12.5. The molecule has 0 spiro atoms. The third kappa shape index (κ3) is 2.64. The first-order valence-corrected chi connectivity index (χ1v) is 6.83. The molecule has 0 aliphatic heterocycles. The molecule has 2 rings (SSSR count). The third-order valence-electron chi connectivity index (χ3n) is 4.69. The molecule has 1 aliphatic rings. The number of hydrogen-bond donors (Lipinski definition) is 1. The standard InChI is InChI=1S/C15H20F3NO/c1-4-14(2)11(9-13(14)19-3)10-7-5-6-8-12(10)20-15(16,17)18/h5-8,11,13,19H,4,9H2,1-3H3. The SMILES string of the molecule is CCC1(C)C(NC)CC1c1ccccc1OC(F)(F)F. The highest BCUT2D eigenvalue weighted by Crippen LogP contribution is 2.56. The Kier molecular flexibility index (Phi) is 4.00. The van der Waals surface area contributed by atoms with E-state index in [0.29, 0.717) is 11.6 Å². The molecule has 5 heteroatoms. The summed E-state index contributed by atoms with van der Waals surface area (Å²) in [6, 6.07) is 6.80. The Balaban J connectivity index is 2.30. The van der Waals surface area contributed by atoms with Gasteiger partial charge in [-0.3, -0.25) is 0 Å². The van der Waals surface area contributed by atoms with Crippen molar-refractivity contribution in [2.24, 2.45) is 5.41 Å². The molecular weight excluding hydrogens is 267 g/mol. The minimum absolute atomic E-state index is 0.0419. The minimum Gasteiger partial charge on any atom is -0.405 e. The van der Waals surface area contributed by atoms with Crippen LogP contribution < -0.4 is 10.1 Å². The van der Waals surface area contributed by atoms with Crippen LogP contribution in [0.3, 0.4) is 0 Å². The number of ether oxygens (including phenoxy) is 1. The van der Waals surface area contributed by atoms with Crippen molar-refractivity contribution in [1.82, 2.24) is 5.32 Å². The molecule has 20 heavy (non-hydrogen) atoms. The molecule has 3 atom stereocenters. The Labute approximate surface area is 117 Å². The second kappa shape index (κ2) is 5.28. The van der Waals surface area contributed by atoms with Crippen molar-refractivity contribution in [3.05, 3.63) is 29.8 Å². The van der Waals surface area contributed by atoms with Crippen LogP contribution in [0.5, 0.6) is 5.75 Å². The highest BCUT2D eigenvalue weighted by Gasteiger charge is 2.51. The van der Waals surface area contributed by atoms with Crippen LogP contribution >= 0.6 is 0 Å². The van der Waals surface area contributed by atoms with Gasteiger partial charge in [0.1, 0.15) is 5.75 Å². The van der Waals surface area contributed by atoms with E-state index in [1.54, 1.807) is 18.2 Å². The summed E-state index contributed by atoms with van der Waals surface area (Å²) in [7, 11) is 1.90.